The van der Waals surface area contributed by atoms with E-state index in [9.17, 15) is 34.2 Å². The van der Waals surface area contributed by atoms with Gasteiger partial charge in [-0.15, -0.1) is 5.10 Å². The summed E-state index contributed by atoms with van der Waals surface area (Å²) in [5.74, 6) is -2.05. The molecule has 276 valence electrons. The molecule has 1 saturated heterocycles. The first-order valence-corrected chi connectivity index (χ1v) is 17.0. The van der Waals surface area contributed by atoms with E-state index in [1.165, 1.54) is 15.8 Å². The minimum absolute atomic E-state index is 0.00950. The Bertz CT molecular complexity index is 1300. The Morgan fingerprint density at radius 1 is 1.06 bits per heavy atom. The Labute approximate surface area is 286 Å². The molecule has 49 heavy (non-hydrogen) atoms. The molecule has 3 unspecified atom stereocenters. The number of likely N-dealkylation sites (tertiary alicyclic amines) is 1. The Morgan fingerprint density at radius 3 is 2.33 bits per heavy atom. The van der Waals surface area contributed by atoms with Crippen molar-refractivity contribution in [2.24, 2.45) is 11.7 Å². The molecular formula is C32H54N8O9. The molecule has 2 aliphatic rings. The van der Waals surface area contributed by atoms with Crippen molar-refractivity contribution in [3.8, 4) is 0 Å². The lowest BCUT2D eigenvalue weighted by atomic mass is 9.84. The number of unbranched alkanes of at least 4 members (excludes halogenated alkanes) is 1. The standard InChI is InChI=1S/C32H54N8O9/c1-31(2,3)49-30(47)37-22(15-19-11-7-6-8-12-19)28(44)39-18-20(40-24(17-35-38-40)32(4,5)48)16-23(39)27(43)36-21(25(41)26(33)42)13-9-10-14-34-29(45)46/h17,19-23,25,34,41,48H,6-16,18H2,1-5H3,(H2,33,42)(H,36,43)(H,37,47)(H,45,46)/t20-,21?,22?,23-,25?/m0/s1. The van der Waals surface area contributed by atoms with Crippen LogP contribution in [0.3, 0.4) is 0 Å². The van der Waals surface area contributed by atoms with Gasteiger partial charge in [0.2, 0.25) is 17.7 Å². The molecule has 17 nitrogen and oxygen atoms in total. The third-order valence-corrected chi connectivity index (χ3v) is 8.91. The molecular weight excluding hydrogens is 640 g/mol. The van der Waals surface area contributed by atoms with Gasteiger partial charge in [0, 0.05) is 19.5 Å². The Morgan fingerprint density at radius 2 is 1.73 bits per heavy atom. The van der Waals surface area contributed by atoms with Gasteiger partial charge in [0.1, 0.15) is 23.3 Å². The molecule has 1 saturated carbocycles. The molecule has 1 aromatic heterocycles. The van der Waals surface area contributed by atoms with Crippen LogP contribution in [-0.4, -0.2) is 108 Å². The van der Waals surface area contributed by atoms with Crippen LogP contribution in [0.1, 0.15) is 111 Å². The van der Waals surface area contributed by atoms with Crippen LogP contribution < -0.4 is 21.7 Å². The highest BCUT2D eigenvalue weighted by atomic mass is 16.6. The van der Waals surface area contributed by atoms with Crippen LogP contribution in [0.4, 0.5) is 9.59 Å². The number of ether oxygens (including phenoxy) is 1. The van der Waals surface area contributed by atoms with Crippen molar-refractivity contribution in [3.05, 3.63) is 11.9 Å². The minimum atomic E-state index is -1.75. The molecule has 17 heteroatoms. The molecule has 0 bridgehead atoms. The number of carbonyl (C=O) groups excluding carboxylic acids is 4. The lowest BCUT2D eigenvalue weighted by Gasteiger charge is -2.33. The predicted octanol–water partition coefficient (Wildman–Crippen LogP) is 1.28. The van der Waals surface area contributed by atoms with Gasteiger partial charge in [-0.3, -0.25) is 14.4 Å². The summed E-state index contributed by atoms with van der Waals surface area (Å²) in [5.41, 5.74) is 3.60. The van der Waals surface area contributed by atoms with Gasteiger partial charge >= 0.3 is 12.2 Å². The van der Waals surface area contributed by atoms with E-state index in [1.807, 2.05) is 0 Å². The second kappa shape index (κ2) is 17.1. The van der Waals surface area contributed by atoms with E-state index < -0.39 is 71.4 Å². The minimum Gasteiger partial charge on any atom is -0.465 e. The lowest BCUT2D eigenvalue weighted by Crippen LogP contribution is -2.57. The van der Waals surface area contributed by atoms with Crippen LogP contribution in [-0.2, 0) is 24.7 Å². The van der Waals surface area contributed by atoms with Crippen molar-refractivity contribution < 1.29 is 44.0 Å². The molecule has 0 radical (unpaired) electrons. The van der Waals surface area contributed by atoms with Crippen LogP contribution in [0, 0.1) is 5.92 Å². The first kappa shape index (κ1) is 39.4. The summed E-state index contributed by atoms with van der Waals surface area (Å²) >= 11 is 0. The molecule has 1 aliphatic carbocycles. The van der Waals surface area contributed by atoms with Gasteiger partial charge in [-0.05, 0) is 66.2 Å². The summed E-state index contributed by atoms with van der Waals surface area (Å²) in [5, 5.41) is 46.0. The summed E-state index contributed by atoms with van der Waals surface area (Å²) in [6, 6.07) is -3.85. The maximum Gasteiger partial charge on any atom is 0.408 e. The molecule has 8 N–H and O–H groups in total. The number of aliphatic hydroxyl groups is 2. The number of nitrogens with two attached hydrogens (primary N) is 1. The molecule has 1 aliphatic heterocycles. The van der Waals surface area contributed by atoms with E-state index in [0.717, 1.165) is 32.1 Å². The third-order valence-electron chi connectivity index (χ3n) is 8.91. The van der Waals surface area contributed by atoms with Gasteiger partial charge in [0.05, 0.1) is 24.0 Å². The van der Waals surface area contributed by atoms with E-state index in [0.29, 0.717) is 25.0 Å². The predicted molar refractivity (Wildman–Crippen MR) is 176 cm³/mol. The zero-order valence-electron chi connectivity index (χ0n) is 29.2. The van der Waals surface area contributed by atoms with Gasteiger partial charge in [-0.2, -0.15) is 0 Å². The fourth-order valence-electron chi connectivity index (χ4n) is 6.53. The van der Waals surface area contributed by atoms with Crippen molar-refractivity contribution in [1.29, 1.82) is 0 Å². The van der Waals surface area contributed by atoms with Gasteiger partial charge in [0.25, 0.3) is 0 Å². The van der Waals surface area contributed by atoms with Gasteiger partial charge in [-0.25, -0.2) is 14.3 Å². The highest BCUT2D eigenvalue weighted by Crippen LogP contribution is 2.33. The molecule has 0 aromatic carbocycles. The second-order valence-corrected chi connectivity index (χ2v) is 14.6. The summed E-state index contributed by atoms with van der Waals surface area (Å²) < 4.78 is 6.97. The van der Waals surface area contributed by atoms with Gasteiger partial charge in [-0.1, -0.05) is 37.3 Å². The summed E-state index contributed by atoms with van der Waals surface area (Å²) in [6.07, 6.45) is 3.82. The topological polar surface area (TPSA) is 251 Å². The molecule has 2 heterocycles. The molecule has 2 fully saturated rings. The number of alkyl carbamates (subject to hydrolysis) is 1. The number of amides is 5. The number of rotatable bonds is 15. The van der Waals surface area contributed by atoms with E-state index in [-0.39, 0.29) is 31.8 Å². The number of carbonyl (C=O) groups is 5. The van der Waals surface area contributed by atoms with Crippen molar-refractivity contribution in [2.45, 2.75) is 140 Å². The summed E-state index contributed by atoms with van der Waals surface area (Å²) in [4.78, 5) is 65.6. The fourth-order valence-corrected chi connectivity index (χ4v) is 6.53. The maximum atomic E-state index is 14.5. The SMILES string of the molecule is CC(C)(C)OC(=O)NC(CC1CCCCC1)C(=O)N1C[C@@H](n2nncc2C(C)(C)O)C[C@H]1C(=O)NC(CCCCNC(=O)O)C(O)C(N)=O. The number of nitrogens with zero attached hydrogens (tertiary/aromatic N) is 4. The zero-order valence-corrected chi connectivity index (χ0v) is 29.2. The van der Waals surface area contributed by atoms with Crippen LogP contribution in [0.2, 0.25) is 0 Å². The molecule has 3 rings (SSSR count). The number of hydrogen-bond acceptors (Lipinski definition) is 10. The van der Waals surface area contributed by atoms with Crippen LogP contribution in [0.15, 0.2) is 6.20 Å². The van der Waals surface area contributed by atoms with Crippen LogP contribution in [0.25, 0.3) is 0 Å². The highest BCUT2D eigenvalue weighted by Gasteiger charge is 2.45. The second-order valence-electron chi connectivity index (χ2n) is 14.6. The Kier molecular flexibility index (Phi) is 13.8. The number of carboxylic acid groups (broad SMARTS) is 1. The number of nitrogens with one attached hydrogen (secondary N) is 3. The number of aromatic nitrogens is 3. The molecule has 1 aromatic rings. The number of aliphatic hydroxyl groups excluding tert-OH is 1. The Hall–Kier alpha value is -3.99. The van der Waals surface area contributed by atoms with Crippen LogP contribution in [0.5, 0.6) is 0 Å². The van der Waals surface area contributed by atoms with E-state index in [2.05, 4.69) is 26.3 Å². The Balaban J connectivity index is 1.93. The maximum absolute atomic E-state index is 14.5. The number of primary amides is 1. The smallest absolute Gasteiger partial charge is 0.408 e. The van der Waals surface area contributed by atoms with Crippen molar-refractivity contribution >= 4 is 29.9 Å². The average molecular weight is 695 g/mol. The fraction of sp³-hybridized carbons (Fsp3) is 0.781. The number of hydrogen-bond donors (Lipinski definition) is 7. The van der Waals surface area contributed by atoms with E-state index in [1.54, 1.807) is 34.6 Å². The monoisotopic (exact) mass is 694 g/mol. The summed E-state index contributed by atoms with van der Waals surface area (Å²) in [6.45, 7) is 8.40. The lowest BCUT2D eigenvalue weighted by molar-refractivity contribution is -0.141. The van der Waals surface area contributed by atoms with Crippen molar-refractivity contribution in [3.63, 3.8) is 0 Å². The molecule has 5 amide bonds. The normalized spacial score (nSPS) is 20.6. The third kappa shape index (κ3) is 11.8. The molecule has 0 spiro atoms. The zero-order chi connectivity index (χ0) is 36.5. The van der Waals surface area contributed by atoms with Crippen molar-refractivity contribution in [2.75, 3.05) is 13.1 Å². The van der Waals surface area contributed by atoms with E-state index >= 15 is 0 Å². The van der Waals surface area contributed by atoms with Crippen molar-refractivity contribution in [1.82, 2.24) is 35.8 Å². The highest BCUT2D eigenvalue weighted by molar-refractivity contribution is 5.92. The molecule has 5 atom stereocenters. The van der Waals surface area contributed by atoms with Gasteiger partial charge < -0.3 is 46.6 Å². The first-order valence-electron chi connectivity index (χ1n) is 17.0. The average Bonchev–Trinajstić information content (AvgIpc) is 3.67. The van der Waals surface area contributed by atoms with Crippen LogP contribution >= 0.6 is 0 Å². The first-order chi connectivity index (χ1) is 22.9. The quantitative estimate of drug-likeness (QED) is 0.129. The van der Waals surface area contributed by atoms with E-state index in [4.69, 9.17) is 15.6 Å². The summed E-state index contributed by atoms with van der Waals surface area (Å²) in [7, 11) is 0. The largest absolute Gasteiger partial charge is 0.465 e. The van der Waals surface area contributed by atoms with Gasteiger partial charge in [0.15, 0.2) is 6.10 Å².